The van der Waals surface area contributed by atoms with E-state index in [9.17, 15) is 44.4 Å². The van der Waals surface area contributed by atoms with Crippen molar-refractivity contribution in [3.63, 3.8) is 0 Å². The maximum Gasteiger partial charge on any atom is 5.00 e. The van der Waals surface area contributed by atoms with Gasteiger partial charge in [0, 0.05) is 44.5 Å². The normalized spacial score (nSPS) is 11.5. The van der Waals surface area contributed by atoms with Crippen LogP contribution in [-0.2, 0) is 47.5 Å². The van der Waals surface area contributed by atoms with Crippen molar-refractivity contribution in [1.29, 1.82) is 0 Å². The molecule has 0 saturated carbocycles. The van der Waals surface area contributed by atoms with Crippen molar-refractivity contribution in [2.24, 2.45) is 0 Å². The standard InChI is InChI=1S/C19H24BrN3O9.Fe/c20-6-15(24)21-13-3-1-12(2-4-13)5-14(23(10-18(29)30)11-19(31)32)7-22(8-16(25)26)9-17(27)28;/h1-4,14H,5-11H2,(H,21,24)(H,25,26)(H,27,28)(H,29,30)(H,31,32);/q;+5/p-4. The van der Waals surface area contributed by atoms with E-state index in [1.807, 2.05) is 0 Å². The zero-order valence-electron chi connectivity index (χ0n) is 17.1. The van der Waals surface area contributed by atoms with E-state index < -0.39 is 56.1 Å². The summed E-state index contributed by atoms with van der Waals surface area (Å²) >= 11 is 3.01. The first kappa shape index (κ1) is 30.5. The molecule has 0 aliphatic heterocycles. The number of carbonyl (C=O) groups excluding carboxylic acids is 5. The van der Waals surface area contributed by atoms with Gasteiger partial charge in [-0.2, -0.15) is 0 Å². The Bertz CT molecular complexity index is 806. The van der Waals surface area contributed by atoms with Gasteiger partial charge in [-0.05, 0) is 24.1 Å². The topological polar surface area (TPSA) is 196 Å². The molecule has 1 aromatic carbocycles. The smallest absolute Gasteiger partial charge is 0.549 e. The zero-order chi connectivity index (χ0) is 24.3. The summed E-state index contributed by atoms with van der Waals surface area (Å²) < 4.78 is 0. The number of nitrogens with zero attached hydrogens (tertiary/aromatic N) is 2. The second-order valence-corrected chi connectivity index (χ2v) is 7.36. The van der Waals surface area contributed by atoms with Gasteiger partial charge in [-0.1, -0.05) is 28.1 Å². The first-order valence-electron chi connectivity index (χ1n) is 9.20. The Morgan fingerprint density at radius 3 is 1.67 bits per heavy atom. The number of rotatable bonds is 15. The van der Waals surface area contributed by atoms with Crippen LogP contribution >= 0.6 is 15.9 Å². The third kappa shape index (κ3) is 12.9. The Balaban J connectivity index is 0.0000102. The zero-order valence-corrected chi connectivity index (χ0v) is 19.8. The van der Waals surface area contributed by atoms with E-state index in [-0.39, 0.29) is 41.3 Å². The Kier molecular flexibility index (Phi) is 14.2. The molecule has 1 atom stereocenters. The Hall–Kier alpha value is -2.51. The second-order valence-electron chi connectivity index (χ2n) is 6.80. The Labute approximate surface area is 208 Å². The van der Waals surface area contributed by atoms with Crippen LogP contribution in [0.5, 0.6) is 0 Å². The molecule has 0 aliphatic rings. The van der Waals surface area contributed by atoms with Crippen molar-refractivity contribution in [3.05, 3.63) is 29.8 Å². The fraction of sp³-hybridized carbons (Fsp3) is 0.421. The monoisotopic (exact) mass is 569 g/mol. The maximum absolute atomic E-state index is 11.4. The molecule has 1 unspecified atom stereocenters. The summed E-state index contributed by atoms with van der Waals surface area (Å²) in [6.07, 6.45) is 0.0177. The van der Waals surface area contributed by atoms with Crippen LogP contribution in [0.1, 0.15) is 5.56 Å². The first-order valence-corrected chi connectivity index (χ1v) is 10.3. The first-order chi connectivity index (χ1) is 15.0. The van der Waals surface area contributed by atoms with Gasteiger partial charge < -0.3 is 44.9 Å². The molecule has 0 heterocycles. The van der Waals surface area contributed by atoms with Gasteiger partial charge in [0.15, 0.2) is 0 Å². The minimum atomic E-state index is -1.59. The number of amides is 1. The van der Waals surface area contributed by atoms with Crippen molar-refractivity contribution in [1.82, 2.24) is 9.80 Å². The summed E-state index contributed by atoms with van der Waals surface area (Å²) in [4.78, 5) is 57.6. The van der Waals surface area contributed by atoms with Crippen molar-refractivity contribution in [3.8, 4) is 0 Å². The van der Waals surface area contributed by atoms with E-state index >= 15 is 0 Å². The van der Waals surface area contributed by atoms with E-state index in [0.29, 0.717) is 11.3 Å². The number of benzene rings is 1. The quantitative estimate of drug-likeness (QED) is 0.156. The number of anilines is 1. The molecule has 1 amide bonds. The van der Waals surface area contributed by atoms with Gasteiger partial charge in [-0.25, -0.2) is 0 Å². The molecule has 0 fully saturated rings. The number of halogens is 1. The van der Waals surface area contributed by atoms with Crippen molar-refractivity contribution < 1.29 is 61.5 Å². The maximum atomic E-state index is 11.4. The second kappa shape index (κ2) is 15.3. The molecular weight excluding hydrogens is 550 g/mol. The average molecular weight is 570 g/mol. The van der Waals surface area contributed by atoms with Crippen molar-refractivity contribution in [2.75, 3.05) is 43.4 Å². The fourth-order valence-corrected chi connectivity index (χ4v) is 3.13. The number of hydrogen-bond acceptors (Lipinski definition) is 11. The predicted octanol–water partition coefficient (Wildman–Crippen LogP) is -5.47. The molecule has 0 aliphatic carbocycles. The SMILES string of the molecule is O=C([O-])CN(CC(=O)[O-])CC(Cc1ccc(NC(=O)CBr)cc1)N(CC(=O)[O-])CC(=O)[O-].[Fe+5]. The van der Waals surface area contributed by atoms with Crippen molar-refractivity contribution in [2.45, 2.75) is 12.5 Å². The number of carbonyl (C=O) groups is 5. The van der Waals surface area contributed by atoms with E-state index in [2.05, 4.69) is 21.2 Å². The summed E-state index contributed by atoms with van der Waals surface area (Å²) in [6.45, 7) is -3.56. The molecule has 179 valence electrons. The van der Waals surface area contributed by atoms with Crippen LogP contribution in [0.3, 0.4) is 0 Å². The van der Waals surface area contributed by atoms with Gasteiger partial charge in [-0.15, -0.1) is 0 Å². The molecule has 1 radical (unpaired) electrons. The molecule has 1 N–H and O–H groups in total. The molecule has 14 heteroatoms. The molecular formula is C19H20BrFeN3O9+. The summed E-state index contributed by atoms with van der Waals surface area (Å²) in [5.74, 6) is -6.62. The minimum Gasteiger partial charge on any atom is -0.549 e. The Morgan fingerprint density at radius 1 is 0.818 bits per heavy atom. The molecule has 0 aromatic heterocycles. The van der Waals surface area contributed by atoms with Crippen LogP contribution in [0.4, 0.5) is 5.69 Å². The van der Waals surface area contributed by atoms with Crippen LogP contribution in [0.25, 0.3) is 0 Å². The predicted molar refractivity (Wildman–Crippen MR) is 104 cm³/mol. The fourth-order valence-electron chi connectivity index (χ4n) is 2.99. The average Bonchev–Trinajstić information content (AvgIpc) is 2.66. The molecule has 0 spiro atoms. The molecule has 12 nitrogen and oxygen atoms in total. The van der Waals surface area contributed by atoms with E-state index in [0.717, 1.165) is 9.80 Å². The number of aliphatic carboxylic acids is 4. The summed E-state index contributed by atoms with van der Waals surface area (Å²) in [7, 11) is 0. The number of hydrogen-bond donors (Lipinski definition) is 1. The number of carboxylic acids is 4. The molecule has 1 aromatic rings. The number of carboxylic acid groups (broad SMARTS) is 4. The summed E-state index contributed by atoms with van der Waals surface area (Å²) in [5, 5.41) is 46.9. The summed E-state index contributed by atoms with van der Waals surface area (Å²) in [6, 6.07) is 5.36. The third-order valence-electron chi connectivity index (χ3n) is 4.19. The third-order valence-corrected chi connectivity index (χ3v) is 4.69. The van der Waals surface area contributed by atoms with Crippen LogP contribution in [0.2, 0.25) is 0 Å². The molecule has 33 heavy (non-hydrogen) atoms. The molecule has 1 rings (SSSR count). The van der Waals surface area contributed by atoms with E-state index in [1.165, 1.54) is 0 Å². The van der Waals surface area contributed by atoms with Gasteiger partial charge in [0.05, 0.1) is 29.2 Å². The number of alkyl halides is 1. The van der Waals surface area contributed by atoms with Gasteiger partial charge in [0.2, 0.25) is 5.91 Å². The van der Waals surface area contributed by atoms with E-state index in [4.69, 9.17) is 0 Å². The number of nitrogens with one attached hydrogen (secondary N) is 1. The van der Waals surface area contributed by atoms with Crippen LogP contribution < -0.4 is 25.7 Å². The van der Waals surface area contributed by atoms with Gasteiger partial charge in [0.1, 0.15) is 0 Å². The van der Waals surface area contributed by atoms with Crippen LogP contribution in [0.15, 0.2) is 24.3 Å². The van der Waals surface area contributed by atoms with E-state index in [1.54, 1.807) is 24.3 Å². The van der Waals surface area contributed by atoms with Crippen LogP contribution in [0, 0.1) is 0 Å². The van der Waals surface area contributed by atoms with Gasteiger partial charge >= 0.3 is 17.1 Å². The molecule has 0 saturated heterocycles. The Morgan fingerprint density at radius 2 is 1.27 bits per heavy atom. The molecule has 0 bridgehead atoms. The minimum absolute atomic E-state index is 0. The largest absolute Gasteiger partial charge is 5.00 e. The summed E-state index contributed by atoms with van der Waals surface area (Å²) in [5.41, 5.74) is 1.06. The van der Waals surface area contributed by atoms with Crippen LogP contribution in [-0.4, -0.2) is 83.7 Å². The van der Waals surface area contributed by atoms with Gasteiger partial charge in [0.25, 0.3) is 0 Å². The van der Waals surface area contributed by atoms with Crippen molar-refractivity contribution >= 4 is 51.4 Å². The van der Waals surface area contributed by atoms with Gasteiger partial charge in [-0.3, -0.25) is 14.6 Å².